The molecule has 0 spiro atoms. The summed E-state index contributed by atoms with van der Waals surface area (Å²) in [6, 6.07) is 11.4. The van der Waals surface area contributed by atoms with Gasteiger partial charge < -0.3 is 5.32 Å². The van der Waals surface area contributed by atoms with Crippen LogP contribution in [0.5, 0.6) is 0 Å². The molecule has 1 heterocycles. The lowest BCUT2D eigenvalue weighted by molar-refractivity contribution is 0.144. The fraction of sp³-hybridized carbons (Fsp3) is 0.571. The Labute approximate surface area is 98.7 Å². The van der Waals surface area contributed by atoms with Crippen molar-refractivity contribution in [2.75, 3.05) is 26.2 Å². The van der Waals surface area contributed by atoms with Gasteiger partial charge in [0.25, 0.3) is 0 Å². The van der Waals surface area contributed by atoms with Gasteiger partial charge in [-0.05, 0) is 11.5 Å². The molecular weight excluding hydrogens is 196 g/mol. The van der Waals surface area contributed by atoms with Crippen LogP contribution in [-0.4, -0.2) is 31.1 Å². The number of hydrogen-bond donors (Lipinski definition) is 1. The molecule has 1 aliphatic rings. The molecular formula is C14H22N2. The number of hydrogen-bond acceptors (Lipinski definition) is 2. The van der Waals surface area contributed by atoms with Gasteiger partial charge in [0.05, 0.1) is 0 Å². The van der Waals surface area contributed by atoms with Crippen molar-refractivity contribution in [1.29, 1.82) is 0 Å². The van der Waals surface area contributed by atoms with Gasteiger partial charge in [0.2, 0.25) is 0 Å². The lowest BCUT2D eigenvalue weighted by Crippen LogP contribution is -2.47. The summed E-state index contributed by atoms with van der Waals surface area (Å²) in [7, 11) is 0. The van der Waals surface area contributed by atoms with Crippen LogP contribution in [-0.2, 0) is 0 Å². The van der Waals surface area contributed by atoms with Crippen molar-refractivity contribution in [1.82, 2.24) is 10.2 Å². The van der Waals surface area contributed by atoms with E-state index in [-0.39, 0.29) is 0 Å². The Kier molecular flexibility index (Phi) is 3.97. The highest BCUT2D eigenvalue weighted by molar-refractivity contribution is 5.20. The average molecular weight is 218 g/mol. The second-order valence-electron chi connectivity index (χ2n) is 5.02. The molecule has 0 saturated carbocycles. The van der Waals surface area contributed by atoms with E-state index in [1.54, 1.807) is 0 Å². The molecule has 1 atom stereocenters. The van der Waals surface area contributed by atoms with Gasteiger partial charge >= 0.3 is 0 Å². The molecule has 1 fully saturated rings. The minimum atomic E-state index is 0.553. The molecule has 1 aromatic rings. The maximum Gasteiger partial charge on any atom is 0.0473 e. The molecule has 0 aliphatic carbocycles. The molecule has 0 amide bonds. The van der Waals surface area contributed by atoms with E-state index in [0.29, 0.717) is 6.04 Å². The molecule has 2 nitrogen and oxygen atoms in total. The first-order chi connectivity index (χ1) is 7.77. The highest BCUT2D eigenvalue weighted by Crippen LogP contribution is 2.22. The van der Waals surface area contributed by atoms with Crippen LogP contribution < -0.4 is 5.32 Å². The average Bonchev–Trinajstić information content (AvgIpc) is 2.30. The summed E-state index contributed by atoms with van der Waals surface area (Å²) in [6.07, 6.45) is 0. The van der Waals surface area contributed by atoms with Gasteiger partial charge in [-0.1, -0.05) is 44.2 Å². The predicted molar refractivity (Wildman–Crippen MR) is 68.5 cm³/mol. The summed E-state index contributed by atoms with van der Waals surface area (Å²) in [5, 5.41) is 3.49. The van der Waals surface area contributed by atoms with E-state index in [9.17, 15) is 0 Å². The molecule has 0 aromatic heterocycles. The van der Waals surface area contributed by atoms with Crippen molar-refractivity contribution in [3.63, 3.8) is 0 Å². The summed E-state index contributed by atoms with van der Waals surface area (Å²) in [5.41, 5.74) is 1.44. The van der Waals surface area contributed by atoms with Crippen molar-refractivity contribution in [2.24, 2.45) is 5.92 Å². The third-order valence-electron chi connectivity index (χ3n) is 3.14. The summed E-state index contributed by atoms with van der Waals surface area (Å²) in [4.78, 5) is 2.61. The fourth-order valence-electron chi connectivity index (χ4n) is 2.44. The summed E-state index contributed by atoms with van der Waals surface area (Å²) in [6.45, 7) is 9.15. The quantitative estimate of drug-likeness (QED) is 0.837. The lowest BCUT2D eigenvalue weighted by Gasteiger charge is -2.37. The van der Waals surface area contributed by atoms with Gasteiger partial charge in [0.1, 0.15) is 0 Å². The number of rotatable bonds is 3. The lowest BCUT2D eigenvalue weighted by atomic mass is 10.0. The van der Waals surface area contributed by atoms with Gasteiger partial charge in [0.15, 0.2) is 0 Å². The number of nitrogens with zero attached hydrogens (tertiary/aromatic N) is 1. The summed E-state index contributed by atoms with van der Waals surface area (Å²) in [5.74, 6) is 0.740. The molecule has 0 radical (unpaired) electrons. The van der Waals surface area contributed by atoms with E-state index in [0.717, 1.165) is 25.6 Å². The Morgan fingerprint density at radius 2 is 2.06 bits per heavy atom. The minimum Gasteiger partial charge on any atom is -0.314 e. The molecule has 2 heteroatoms. The van der Waals surface area contributed by atoms with Gasteiger partial charge in [-0.2, -0.15) is 0 Å². The Morgan fingerprint density at radius 3 is 2.75 bits per heavy atom. The van der Waals surface area contributed by atoms with Crippen molar-refractivity contribution < 1.29 is 0 Å². The zero-order chi connectivity index (χ0) is 11.4. The summed E-state index contributed by atoms with van der Waals surface area (Å²) >= 11 is 0. The Morgan fingerprint density at radius 1 is 1.31 bits per heavy atom. The van der Waals surface area contributed by atoms with E-state index in [2.05, 4.69) is 54.4 Å². The largest absolute Gasteiger partial charge is 0.314 e. The molecule has 1 unspecified atom stereocenters. The van der Waals surface area contributed by atoms with Gasteiger partial charge in [0, 0.05) is 32.2 Å². The first-order valence-electron chi connectivity index (χ1n) is 6.27. The van der Waals surface area contributed by atoms with E-state index >= 15 is 0 Å². The molecule has 88 valence electrons. The van der Waals surface area contributed by atoms with Crippen LogP contribution >= 0.6 is 0 Å². The van der Waals surface area contributed by atoms with E-state index in [1.807, 2.05) is 0 Å². The molecule has 1 aromatic carbocycles. The maximum atomic E-state index is 3.49. The zero-order valence-corrected chi connectivity index (χ0v) is 10.3. The number of benzene rings is 1. The maximum absolute atomic E-state index is 3.49. The standard InChI is InChI=1S/C14H22N2/c1-12(2)11-16-9-8-15-10-14(16)13-6-4-3-5-7-13/h3-7,12,14-15H,8-11H2,1-2H3. The van der Waals surface area contributed by atoms with Crippen LogP contribution in [0.4, 0.5) is 0 Å². The van der Waals surface area contributed by atoms with Crippen molar-refractivity contribution in [3.05, 3.63) is 35.9 Å². The minimum absolute atomic E-state index is 0.553. The normalized spacial score (nSPS) is 22.6. The third-order valence-corrected chi connectivity index (χ3v) is 3.14. The monoisotopic (exact) mass is 218 g/mol. The highest BCUT2D eigenvalue weighted by atomic mass is 15.2. The van der Waals surface area contributed by atoms with Crippen LogP contribution in [0.1, 0.15) is 25.5 Å². The van der Waals surface area contributed by atoms with Crippen molar-refractivity contribution in [3.8, 4) is 0 Å². The second-order valence-corrected chi connectivity index (χ2v) is 5.02. The Balaban J connectivity index is 2.10. The topological polar surface area (TPSA) is 15.3 Å². The second kappa shape index (κ2) is 5.46. The zero-order valence-electron chi connectivity index (χ0n) is 10.3. The molecule has 1 N–H and O–H groups in total. The smallest absolute Gasteiger partial charge is 0.0473 e. The number of piperazine rings is 1. The predicted octanol–water partition coefficient (Wildman–Crippen LogP) is 2.29. The molecule has 16 heavy (non-hydrogen) atoms. The highest BCUT2D eigenvalue weighted by Gasteiger charge is 2.23. The van der Waals surface area contributed by atoms with Crippen LogP contribution in [0, 0.1) is 5.92 Å². The molecule has 2 rings (SSSR count). The Bertz CT molecular complexity index is 308. The first kappa shape index (κ1) is 11.6. The Hall–Kier alpha value is -0.860. The van der Waals surface area contributed by atoms with Gasteiger partial charge in [-0.15, -0.1) is 0 Å². The molecule has 1 saturated heterocycles. The first-order valence-corrected chi connectivity index (χ1v) is 6.27. The third kappa shape index (κ3) is 2.83. The van der Waals surface area contributed by atoms with E-state index in [4.69, 9.17) is 0 Å². The van der Waals surface area contributed by atoms with Crippen LogP contribution in [0.3, 0.4) is 0 Å². The van der Waals surface area contributed by atoms with Gasteiger partial charge in [-0.3, -0.25) is 4.90 Å². The summed E-state index contributed by atoms with van der Waals surface area (Å²) < 4.78 is 0. The van der Waals surface area contributed by atoms with E-state index < -0.39 is 0 Å². The van der Waals surface area contributed by atoms with Gasteiger partial charge in [-0.25, -0.2) is 0 Å². The van der Waals surface area contributed by atoms with E-state index in [1.165, 1.54) is 12.1 Å². The molecule has 1 aliphatic heterocycles. The number of nitrogens with one attached hydrogen (secondary N) is 1. The van der Waals surface area contributed by atoms with Crippen LogP contribution in [0.2, 0.25) is 0 Å². The van der Waals surface area contributed by atoms with Crippen LogP contribution in [0.25, 0.3) is 0 Å². The van der Waals surface area contributed by atoms with Crippen LogP contribution in [0.15, 0.2) is 30.3 Å². The molecule has 0 bridgehead atoms. The van der Waals surface area contributed by atoms with Crippen molar-refractivity contribution >= 4 is 0 Å². The SMILES string of the molecule is CC(C)CN1CCNCC1c1ccccc1. The van der Waals surface area contributed by atoms with Crippen molar-refractivity contribution in [2.45, 2.75) is 19.9 Å². The fourth-order valence-corrected chi connectivity index (χ4v) is 2.44.